The molecule has 0 bridgehead atoms. The van der Waals surface area contributed by atoms with Crippen LogP contribution in [0.1, 0.15) is 49.4 Å². The zero-order valence-corrected chi connectivity index (χ0v) is 19.5. The number of hydrogen-bond donors (Lipinski definition) is 0. The predicted molar refractivity (Wildman–Crippen MR) is 123 cm³/mol. The molecule has 0 atom stereocenters. The lowest BCUT2D eigenvalue weighted by molar-refractivity contribution is -0.127. The largest absolute Gasteiger partial charge is 0.493 e. The van der Waals surface area contributed by atoms with Gasteiger partial charge in [0.2, 0.25) is 5.91 Å². The van der Waals surface area contributed by atoms with E-state index in [2.05, 4.69) is 21.3 Å². The molecule has 0 aliphatic heterocycles. The molecule has 8 heteroatoms. The second kappa shape index (κ2) is 11.2. The van der Waals surface area contributed by atoms with Crippen molar-refractivity contribution in [2.24, 2.45) is 0 Å². The quantitative estimate of drug-likeness (QED) is 0.402. The maximum Gasteiger partial charge on any atom is 0.233 e. The van der Waals surface area contributed by atoms with Crippen LogP contribution in [-0.4, -0.2) is 52.6 Å². The number of nitrogens with zero attached hydrogens (tertiary/aromatic N) is 4. The summed E-state index contributed by atoms with van der Waals surface area (Å²) in [5.41, 5.74) is 0.980. The van der Waals surface area contributed by atoms with E-state index in [-0.39, 0.29) is 5.91 Å². The number of rotatable bonds is 10. The van der Waals surface area contributed by atoms with Gasteiger partial charge in [0.05, 0.1) is 20.0 Å². The first kappa shape index (κ1) is 23.2. The van der Waals surface area contributed by atoms with Gasteiger partial charge in [-0.1, -0.05) is 43.2 Å². The van der Waals surface area contributed by atoms with E-state index < -0.39 is 0 Å². The number of amides is 1. The Morgan fingerprint density at radius 3 is 2.65 bits per heavy atom. The fourth-order valence-electron chi connectivity index (χ4n) is 3.95. The van der Waals surface area contributed by atoms with Crippen LogP contribution in [0, 0.1) is 0 Å². The first-order chi connectivity index (χ1) is 15.1. The topological polar surface area (TPSA) is 69.5 Å². The molecule has 168 valence electrons. The van der Waals surface area contributed by atoms with Gasteiger partial charge in [0.1, 0.15) is 5.82 Å². The Morgan fingerprint density at radius 2 is 1.97 bits per heavy atom. The van der Waals surface area contributed by atoms with Crippen LogP contribution in [0.25, 0.3) is 0 Å². The number of ether oxygens (including phenoxy) is 2. The first-order valence-corrected chi connectivity index (χ1v) is 11.7. The van der Waals surface area contributed by atoms with E-state index in [4.69, 9.17) is 9.47 Å². The molecule has 1 saturated carbocycles. The van der Waals surface area contributed by atoms with Crippen LogP contribution in [0.5, 0.6) is 11.5 Å². The van der Waals surface area contributed by atoms with E-state index in [0.29, 0.717) is 36.3 Å². The Morgan fingerprint density at radius 1 is 1.23 bits per heavy atom. The number of allylic oxidation sites excluding steroid dienone is 1. The molecular formula is C23H32N4O3S. The summed E-state index contributed by atoms with van der Waals surface area (Å²) >= 11 is 1.44. The van der Waals surface area contributed by atoms with Crippen LogP contribution < -0.4 is 9.47 Å². The lowest BCUT2D eigenvalue weighted by Crippen LogP contribution is -2.28. The van der Waals surface area contributed by atoms with Gasteiger partial charge in [-0.3, -0.25) is 4.79 Å². The van der Waals surface area contributed by atoms with E-state index in [9.17, 15) is 4.79 Å². The number of thioether (sulfide) groups is 1. The summed E-state index contributed by atoms with van der Waals surface area (Å²) in [6, 6.07) is 5.69. The van der Waals surface area contributed by atoms with Crippen molar-refractivity contribution in [2.45, 2.75) is 56.3 Å². The van der Waals surface area contributed by atoms with Gasteiger partial charge in [-0.25, -0.2) is 0 Å². The Labute approximate surface area is 188 Å². The summed E-state index contributed by atoms with van der Waals surface area (Å²) in [7, 11) is 5.02. The average Bonchev–Trinajstić information content (AvgIpc) is 3.20. The van der Waals surface area contributed by atoms with E-state index >= 15 is 0 Å². The van der Waals surface area contributed by atoms with Gasteiger partial charge < -0.3 is 18.9 Å². The summed E-state index contributed by atoms with van der Waals surface area (Å²) in [5.74, 6) is 3.16. The fourth-order valence-corrected chi connectivity index (χ4v) is 4.84. The predicted octanol–water partition coefficient (Wildman–Crippen LogP) is 4.28. The molecule has 3 rings (SSSR count). The maximum absolute atomic E-state index is 12.7. The number of benzene rings is 1. The minimum absolute atomic E-state index is 0.0344. The molecule has 1 aliphatic rings. The third kappa shape index (κ3) is 5.81. The normalized spacial score (nSPS) is 14.3. The van der Waals surface area contributed by atoms with E-state index in [0.717, 1.165) is 29.4 Å². The molecule has 1 amide bonds. The molecular weight excluding hydrogens is 412 g/mol. The summed E-state index contributed by atoms with van der Waals surface area (Å²) < 4.78 is 12.8. The van der Waals surface area contributed by atoms with Gasteiger partial charge in [-0.2, -0.15) is 0 Å². The van der Waals surface area contributed by atoms with Gasteiger partial charge in [0.25, 0.3) is 0 Å². The number of hydrogen-bond acceptors (Lipinski definition) is 6. The minimum Gasteiger partial charge on any atom is -0.493 e. The highest BCUT2D eigenvalue weighted by Gasteiger charge is 2.23. The van der Waals surface area contributed by atoms with Gasteiger partial charge in [-0.05, 0) is 30.5 Å². The highest BCUT2D eigenvalue weighted by molar-refractivity contribution is 7.99. The fraction of sp³-hybridized carbons (Fsp3) is 0.522. The van der Waals surface area contributed by atoms with Crippen LogP contribution >= 0.6 is 11.8 Å². The summed E-state index contributed by atoms with van der Waals surface area (Å²) in [5, 5.41) is 9.66. The van der Waals surface area contributed by atoms with Crippen molar-refractivity contribution in [3.8, 4) is 11.5 Å². The van der Waals surface area contributed by atoms with Crippen molar-refractivity contribution in [3.63, 3.8) is 0 Å². The van der Waals surface area contributed by atoms with Crippen LogP contribution in [0.2, 0.25) is 0 Å². The van der Waals surface area contributed by atoms with Gasteiger partial charge in [-0.15, -0.1) is 16.8 Å². The standard InChI is InChI=1S/C23H32N4O3S/c1-5-13-27-22(18-9-7-6-8-10-18)24-25-23(27)31-16-21(28)26(2)15-17-11-12-19(29-3)20(14-17)30-4/h5,11-12,14,18H,1,6-10,13,15-16H2,2-4H3. The molecule has 2 aromatic rings. The summed E-state index contributed by atoms with van der Waals surface area (Å²) in [6.45, 7) is 5.04. The lowest BCUT2D eigenvalue weighted by atomic mass is 9.89. The first-order valence-electron chi connectivity index (χ1n) is 10.7. The zero-order valence-electron chi connectivity index (χ0n) is 18.7. The molecule has 0 N–H and O–H groups in total. The molecule has 0 spiro atoms. The molecule has 0 unspecified atom stereocenters. The SMILES string of the molecule is C=CCn1c(SCC(=O)N(C)Cc2ccc(OC)c(OC)c2)nnc1C1CCCCC1. The molecule has 0 radical (unpaired) electrons. The number of carbonyl (C=O) groups is 1. The highest BCUT2D eigenvalue weighted by Crippen LogP contribution is 2.33. The molecule has 1 fully saturated rings. The minimum atomic E-state index is 0.0344. The molecule has 1 aliphatic carbocycles. The van der Waals surface area contributed by atoms with Crippen molar-refractivity contribution in [1.29, 1.82) is 0 Å². The van der Waals surface area contributed by atoms with Gasteiger partial charge >= 0.3 is 0 Å². The number of aromatic nitrogens is 3. The van der Waals surface area contributed by atoms with E-state index in [1.165, 1.54) is 31.0 Å². The van der Waals surface area contributed by atoms with Crippen molar-refractivity contribution in [3.05, 3.63) is 42.2 Å². The Bertz CT molecular complexity index is 893. The van der Waals surface area contributed by atoms with Crippen molar-refractivity contribution < 1.29 is 14.3 Å². The number of carbonyl (C=O) groups excluding carboxylic acids is 1. The molecule has 1 heterocycles. The van der Waals surface area contributed by atoms with Crippen LogP contribution in [0.4, 0.5) is 0 Å². The zero-order chi connectivity index (χ0) is 22.2. The maximum atomic E-state index is 12.7. The van der Waals surface area contributed by atoms with E-state index in [1.807, 2.05) is 31.3 Å². The van der Waals surface area contributed by atoms with Gasteiger partial charge in [0.15, 0.2) is 16.7 Å². The molecule has 31 heavy (non-hydrogen) atoms. The lowest BCUT2D eigenvalue weighted by Gasteiger charge is -2.21. The second-order valence-corrected chi connectivity index (χ2v) is 8.75. The second-order valence-electron chi connectivity index (χ2n) is 7.80. The number of methoxy groups -OCH3 is 2. The summed E-state index contributed by atoms with van der Waals surface area (Å²) in [6.07, 6.45) is 7.97. The van der Waals surface area contributed by atoms with E-state index in [1.54, 1.807) is 19.1 Å². The van der Waals surface area contributed by atoms with Crippen LogP contribution in [0.3, 0.4) is 0 Å². The van der Waals surface area contributed by atoms with Crippen LogP contribution in [-0.2, 0) is 17.9 Å². The monoisotopic (exact) mass is 444 g/mol. The summed E-state index contributed by atoms with van der Waals surface area (Å²) in [4.78, 5) is 14.5. The average molecular weight is 445 g/mol. The Kier molecular flexibility index (Phi) is 8.40. The van der Waals surface area contributed by atoms with Crippen molar-refractivity contribution in [2.75, 3.05) is 27.0 Å². The third-order valence-corrected chi connectivity index (χ3v) is 6.60. The van der Waals surface area contributed by atoms with Crippen molar-refractivity contribution >= 4 is 17.7 Å². The van der Waals surface area contributed by atoms with Gasteiger partial charge in [0, 0.05) is 26.1 Å². The molecule has 1 aromatic heterocycles. The highest BCUT2D eigenvalue weighted by atomic mass is 32.2. The molecule has 1 aromatic carbocycles. The molecule has 7 nitrogen and oxygen atoms in total. The Balaban J connectivity index is 1.62. The van der Waals surface area contributed by atoms with Crippen LogP contribution in [0.15, 0.2) is 36.0 Å². The third-order valence-electron chi connectivity index (χ3n) is 5.65. The molecule has 0 saturated heterocycles. The van der Waals surface area contributed by atoms with Crippen molar-refractivity contribution in [1.82, 2.24) is 19.7 Å². The smallest absolute Gasteiger partial charge is 0.233 e. The Hall–Kier alpha value is -2.48.